The minimum absolute atomic E-state index is 0.0470. The average Bonchev–Trinajstić information content (AvgIpc) is 2.91. The monoisotopic (exact) mass is 333 g/mol. The second-order valence-electron chi connectivity index (χ2n) is 5.76. The number of nitrogens with zero attached hydrogens (tertiary/aromatic N) is 3. The fourth-order valence-electron chi connectivity index (χ4n) is 3.04. The Morgan fingerprint density at radius 1 is 1.29 bits per heavy atom. The summed E-state index contributed by atoms with van der Waals surface area (Å²) in [7, 11) is 1.87. The lowest BCUT2D eigenvalue weighted by Gasteiger charge is -2.26. The van der Waals surface area contributed by atoms with E-state index >= 15 is 0 Å². The van der Waals surface area contributed by atoms with E-state index < -0.39 is 17.5 Å². The minimum atomic E-state index is -0.906. The molecule has 3 rings (SSSR count). The number of hydrogen-bond donors (Lipinski definition) is 2. The summed E-state index contributed by atoms with van der Waals surface area (Å²) in [5, 5.41) is 2.87. The van der Waals surface area contributed by atoms with Crippen LogP contribution in [0.15, 0.2) is 30.6 Å². The zero-order valence-electron chi connectivity index (χ0n) is 13.0. The first-order chi connectivity index (χ1) is 11.5. The lowest BCUT2D eigenvalue weighted by Crippen LogP contribution is -2.39. The maximum absolute atomic E-state index is 13.6. The van der Waals surface area contributed by atoms with E-state index in [4.69, 9.17) is 5.73 Å². The third kappa shape index (κ3) is 3.05. The zero-order chi connectivity index (χ0) is 17.3. The Morgan fingerprint density at radius 3 is 2.75 bits per heavy atom. The number of nitrogen functional groups attached to an aromatic ring is 1. The lowest BCUT2D eigenvalue weighted by atomic mass is 9.99. The van der Waals surface area contributed by atoms with Gasteiger partial charge in [-0.1, -0.05) is 6.07 Å². The summed E-state index contributed by atoms with van der Waals surface area (Å²) in [4.78, 5) is 22.1. The molecule has 3 N–H and O–H groups in total. The van der Waals surface area contributed by atoms with Gasteiger partial charge in [-0.25, -0.2) is 18.7 Å². The van der Waals surface area contributed by atoms with Gasteiger partial charge in [0.05, 0.1) is 12.1 Å². The average molecular weight is 333 g/mol. The van der Waals surface area contributed by atoms with Crippen LogP contribution in [0.3, 0.4) is 0 Å². The number of likely N-dealkylation sites (tertiary alicyclic amines) is 1. The zero-order valence-corrected chi connectivity index (χ0v) is 13.0. The Hall–Kier alpha value is -2.61. The van der Waals surface area contributed by atoms with Crippen molar-refractivity contribution in [2.45, 2.75) is 18.5 Å². The molecule has 6 nitrogen and oxygen atoms in total. The van der Waals surface area contributed by atoms with E-state index in [1.165, 1.54) is 18.5 Å². The molecule has 1 aromatic carbocycles. The molecule has 1 saturated heterocycles. The first-order valence-corrected chi connectivity index (χ1v) is 7.50. The highest BCUT2D eigenvalue weighted by molar-refractivity contribution is 5.96. The number of nitrogens with one attached hydrogen (secondary N) is 1. The van der Waals surface area contributed by atoms with Crippen LogP contribution in [0.4, 0.5) is 14.6 Å². The summed E-state index contributed by atoms with van der Waals surface area (Å²) in [6.07, 6.45) is 3.46. The molecule has 8 heteroatoms. The van der Waals surface area contributed by atoms with Crippen molar-refractivity contribution in [2.24, 2.45) is 0 Å². The van der Waals surface area contributed by atoms with Crippen LogP contribution < -0.4 is 11.1 Å². The highest BCUT2D eigenvalue weighted by atomic mass is 19.2. The van der Waals surface area contributed by atoms with Gasteiger partial charge in [-0.2, -0.15) is 0 Å². The molecule has 2 heterocycles. The van der Waals surface area contributed by atoms with Crippen LogP contribution in [0.1, 0.15) is 28.5 Å². The van der Waals surface area contributed by atoms with Crippen LogP contribution in [-0.2, 0) is 0 Å². The predicted molar refractivity (Wildman–Crippen MR) is 84.0 cm³/mol. The number of aromatic nitrogens is 2. The van der Waals surface area contributed by atoms with Gasteiger partial charge in [0.15, 0.2) is 23.1 Å². The van der Waals surface area contributed by atoms with E-state index in [-0.39, 0.29) is 23.6 Å². The Labute approximate surface area is 137 Å². The Bertz CT molecular complexity index is 770. The molecule has 0 saturated carbocycles. The quantitative estimate of drug-likeness (QED) is 0.889. The summed E-state index contributed by atoms with van der Waals surface area (Å²) in [6, 6.07) is 3.25. The van der Waals surface area contributed by atoms with Gasteiger partial charge in [0.1, 0.15) is 0 Å². The maximum atomic E-state index is 13.6. The van der Waals surface area contributed by atoms with Gasteiger partial charge in [0, 0.05) is 18.9 Å². The fraction of sp³-hybridized carbons (Fsp3) is 0.312. The summed E-state index contributed by atoms with van der Waals surface area (Å²) in [6.45, 7) is 0.713. The van der Waals surface area contributed by atoms with Crippen LogP contribution in [-0.4, -0.2) is 40.4 Å². The van der Waals surface area contributed by atoms with Crippen molar-refractivity contribution in [1.29, 1.82) is 0 Å². The number of hydrogen-bond acceptors (Lipinski definition) is 5. The topological polar surface area (TPSA) is 84.1 Å². The lowest BCUT2D eigenvalue weighted by molar-refractivity contribution is 0.0923. The van der Waals surface area contributed by atoms with Crippen molar-refractivity contribution >= 4 is 11.7 Å². The number of anilines is 1. The molecule has 0 unspecified atom stereocenters. The molecule has 1 aromatic heterocycles. The number of carbonyl (C=O) groups excluding carboxylic acids is 1. The second kappa shape index (κ2) is 6.48. The third-order valence-corrected chi connectivity index (χ3v) is 4.19. The summed E-state index contributed by atoms with van der Waals surface area (Å²) >= 11 is 0. The highest BCUT2D eigenvalue weighted by Crippen LogP contribution is 2.32. The standard InChI is InChI=1S/C16H17F2N5O/c1-23-7-4-12(14(23)9-2-3-10(17)11(18)8-9)22-16(24)13-15(19)21-6-5-20-13/h2-3,5-6,8,12,14H,4,7H2,1H3,(H2,19,21)(H,22,24)/t12-,14+/m0/s1. The molecule has 24 heavy (non-hydrogen) atoms. The molecule has 1 aliphatic heterocycles. The normalized spacial score (nSPS) is 21.0. The van der Waals surface area contributed by atoms with E-state index in [0.29, 0.717) is 18.5 Å². The van der Waals surface area contributed by atoms with E-state index in [0.717, 1.165) is 12.1 Å². The highest BCUT2D eigenvalue weighted by Gasteiger charge is 2.35. The molecular formula is C16H17F2N5O. The Kier molecular flexibility index (Phi) is 4.39. The van der Waals surface area contributed by atoms with Gasteiger partial charge in [-0.15, -0.1) is 0 Å². The maximum Gasteiger partial charge on any atom is 0.274 e. The molecule has 1 aliphatic rings. The van der Waals surface area contributed by atoms with Gasteiger partial charge < -0.3 is 11.1 Å². The van der Waals surface area contributed by atoms with Crippen LogP contribution in [0.2, 0.25) is 0 Å². The SMILES string of the molecule is CN1CC[C@H](NC(=O)c2nccnc2N)[C@H]1c1ccc(F)c(F)c1. The van der Waals surface area contributed by atoms with Gasteiger partial charge in [0.25, 0.3) is 5.91 Å². The number of rotatable bonds is 3. The summed E-state index contributed by atoms with van der Waals surface area (Å²) < 4.78 is 26.7. The molecule has 2 atom stereocenters. The second-order valence-corrected chi connectivity index (χ2v) is 5.76. The first kappa shape index (κ1) is 16.3. The number of likely N-dealkylation sites (N-methyl/N-ethyl adjacent to an activating group) is 1. The molecule has 0 aliphatic carbocycles. The molecule has 1 fully saturated rings. The molecule has 126 valence electrons. The fourth-order valence-corrected chi connectivity index (χ4v) is 3.04. The van der Waals surface area contributed by atoms with Gasteiger partial charge >= 0.3 is 0 Å². The van der Waals surface area contributed by atoms with E-state index in [9.17, 15) is 13.6 Å². The van der Waals surface area contributed by atoms with Crippen molar-refractivity contribution in [1.82, 2.24) is 20.2 Å². The van der Waals surface area contributed by atoms with Gasteiger partial charge in [-0.3, -0.25) is 9.69 Å². The first-order valence-electron chi connectivity index (χ1n) is 7.50. The van der Waals surface area contributed by atoms with E-state index in [1.54, 1.807) is 0 Å². The molecule has 2 aromatic rings. The number of benzene rings is 1. The van der Waals surface area contributed by atoms with Crippen molar-refractivity contribution in [3.63, 3.8) is 0 Å². The minimum Gasteiger partial charge on any atom is -0.382 e. The predicted octanol–water partition coefficient (Wildman–Crippen LogP) is 1.51. The largest absolute Gasteiger partial charge is 0.382 e. The molecule has 1 amide bonds. The smallest absolute Gasteiger partial charge is 0.274 e. The van der Waals surface area contributed by atoms with Crippen LogP contribution in [0, 0.1) is 11.6 Å². The van der Waals surface area contributed by atoms with Crippen LogP contribution in [0.5, 0.6) is 0 Å². The molecular weight excluding hydrogens is 316 g/mol. The van der Waals surface area contributed by atoms with Crippen molar-refractivity contribution < 1.29 is 13.6 Å². The molecule has 0 bridgehead atoms. The van der Waals surface area contributed by atoms with Crippen molar-refractivity contribution in [2.75, 3.05) is 19.3 Å². The Morgan fingerprint density at radius 2 is 2.04 bits per heavy atom. The van der Waals surface area contributed by atoms with Crippen molar-refractivity contribution in [3.8, 4) is 0 Å². The molecule has 0 spiro atoms. The van der Waals surface area contributed by atoms with Gasteiger partial charge in [-0.05, 0) is 31.2 Å². The number of carbonyl (C=O) groups is 1. The van der Waals surface area contributed by atoms with Crippen LogP contribution in [0.25, 0.3) is 0 Å². The summed E-state index contributed by atoms with van der Waals surface area (Å²) in [5.74, 6) is -2.19. The molecule has 0 radical (unpaired) electrons. The third-order valence-electron chi connectivity index (χ3n) is 4.19. The number of amides is 1. The van der Waals surface area contributed by atoms with E-state index in [1.807, 2.05) is 11.9 Å². The number of halogens is 2. The van der Waals surface area contributed by atoms with Crippen LogP contribution >= 0.6 is 0 Å². The number of nitrogens with two attached hydrogens (primary N) is 1. The van der Waals surface area contributed by atoms with Gasteiger partial charge in [0.2, 0.25) is 0 Å². The summed E-state index contributed by atoms with van der Waals surface area (Å²) in [5.41, 5.74) is 6.32. The Balaban J connectivity index is 1.83. The van der Waals surface area contributed by atoms with Crippen molar-refractivity contribution in [3.05, 3.63) is 53.5 Å². The van der Waals surface area contributed by atoms with E-state index in [2.05, 4.69) is 15.3 Å².